The summed E-state index contributed by atoms with van der Waals surface area (Å²) in [6.45, 7) is 4.19. The number of rotatable bonds is 47. The van der Waals surface area contributed by atoms with E-state index < -0.39 is 64.4 Å². The Morgan fingerprint density at radius 3 is 1.27 bits per heavy atom. The van der Waals surface area contributed by atoms with E-state index in [0.29, 0.717) is 19.3 Å². The van der Waals surface area contributed by atoms with Gasteiger partial charge in [-0.1, -0.05) is 181 Å². The van der Waals surface area contributed by atoms with E-state index in [9.17, 15) is 28.9 Å². The quantitative estimate of drug-likeness (QED) is 0.0197. The molecule has 0 rings (SSSR count). The summed E-state index contributed by atoms with van der Waals surface area (Å²) in [6, 6.07) is 0. The van der Waals surface area contributed by atoms with Crippen molar-refractivity contribution in [2.75, 3.05) is 26.4 Å². The smallest absolute Gasteiger partial charge is 0.462 e. The Morgan fingerprint density at radius 1 is 0.429 bits per heavy atom. The van der Waals surface area contributed by atoms with Crippen LogP contribution in [0, 0.1) is 0 Å². The lowest BCUT2D eigenvalue weighted by Crippen LogP contribution is -2.30. The van der Waals surface area contributed by atoms with Crippen LogP contribution in [0.15, 0.2) is 122 Å². The van der Waals surface area contributed by atoms with Gasteiger partial charge in [0.15, 0.2) is 6.10 Å². The van der Waals surface area contributed by atoms with E-state index in [1.165, 1.54) is 19.3 Å². The van der Waals surface area contributed by atoms with Crippen LogP contribution in [0.3, 0.4) is 0 Å². The molecule has 11 nitrogen and oxygen atoms in total. The van der Waals surface area contributed by atoms with Crippen LogP contribution in [0.1, 0.15) is 188 Å². The monoisotopic (exact) mass is 997 g/mol. The number of carbonyl (C=O) groups excluding carboxylic acids is 3. The van der Waals surface area contributed by atoms with Crippen molar-refractivity contribution in [1.82, 2.24) is 0 Å². The third-order valence-electron chi connectivity index (χ3n) is 10.4. The van der Waals surface area contributed by atoms with Gasteiger partial charge in [0.1, 0.15) is 12.7 Å². The Hall–Kier alpha value is -4.12. The maximum atomic E-state index is 12.9. The first-order valence-corrected chi connectivity index (χ1v) is 27.9. The molecule has 0 aromatic carbocycles. The van der Waals surface area contributed by atoms with Gasteiger partial charge in [-0.2, -0.15) is 0 Å². The van der Waals surface area contributed by atoms with Gasteiger partial charge in [-0.3, -0.25) is 23.4 Å². The van der Waals surface area contributed by atoms with Crippen molar-refractivity contribution >= 4 is 25.7 Å². The second kappa shape index (κ2) is 51.2. The van der Waals surface area contributed by atoms with Gasteiger partial charge in [-0.25, -0.2) is 4.57 Å². The molecular formula is C58H93O11P. The zero-order valence-electron chi connectivity index (χ0n) is 43.4. The highest BCUT2D eigenvalue weighted by Crippen LogP contribution is 2.43. The summed E-state index contributed by atoms with van der Waals surface area (Å²) in [5.74, 6) is -1.68. The van der Waals surface area contributed by atoms with Crippen LogP contribution < -0.4 is 0 Å². The Kier molecular flexibility index (Phi) is 48.2. The number of phosphoric acid groups is 1. The minimum Gasteiger partial charge on any atom is -0.462 e. The number of allylic oxidation sites excluding steroid dienone is 19. The Morgan fingerprint density at radius 2 is 0.800 bits per heavy atom. The van der Waals surface area contributed by atoms with E-state index in [0.717, 1.165) is 109 Å². The molecule has 12 heteroatoms. The van der Waals surface area contributed by atoms with E-state index in [-0.39, 0.29) is 19.3 Å². The van der Waals surface area contributed by atoms with Gasteiger partial charge < -0.3 is 24.2 Å². The van der Waals surface area contributed by atoms with Gasteiger partial charge in [0.25, 0.3) is 0 Å². The van der Waals surface area contributed by atoms with Crippen molar-refractivity contribution in [2.45, 2.75) is 200 Å². The Balaban J connectivity index is 4.90. The van der Waals surface area contributed by atoms with Crippen molar-refractivity contribution < 1.29 is 52.2 Å². The number of hydrogen-bond acceptors (Lipinski definition) is 10. The average Bonchev–Trinajstić information content (AvgIpc) is 3.35. The fourth-order valence-corrected chi connectivity index (χ4v) is 7.20. The molecule has 396 valence electrons. The normalized spacial score (nSPS) is 14.4. The third-order valence-corrected chi connectivity index (χ3v) is 11.3. The number of esters is 3. The van der Waals surface area contributed by atoms with Gasteiger partial charge in [0, 0.05) is 12.8 Å². The number of aliphatic hydroxyl groups is 1. The molecule has 0 aliphatic rings. The molecule has 0 bridgehead atoms. The maximum absolute atomic E-state index is 12.9. The zero-order valence-corrected chi connectivity index (χ0v) is 44.3. The second-order valence-corrected chi connectivity index (χ2v) is 18.4. The van der Waals surface area contributed by atoms with E-state index >= 15 is 0 Å². The summed E-state index contributed by atoms with van der Waals surface area (Å²) in [4.78, 5) is 48.3. The SMILES string of the molecule is CC/C=C\C/C=C\C/C=C\C/C=C\C/C=C\CC(=O)OC(COC(=O)CCCCC/C=C\C/C=C\C/C=C\CC)COP(=O)(O)OCC(CO)OC(=O)CCCCCCC/C=C\C/C=C\CCCCC. The first-order valence-electron chi connectivity index (χ1n) is 26.4. The molecule has 0 saturated heterocycles. The molecule has 0 fully saturated rings. The molecule has 0 aromatic heterocycles. The highest BCUT2D eigenvalue weighted by Gasteiger charge is 2.28. The summed E-state index contributed by atoms with van der Waals surface area (Å²) in [7, 11) is -4.79. The van der Waals surface area contributed by atoms with E-state index in [4.69, 9.17) is 23.3 Å². The van der Waals surface area contributed by atoms with Crippen LogP contribution in [0.25, 0.3) is 0 Å². The molecule has 0 aliphatic heterocycles. The second-order valence-electron chi connectivity index (χ2n) is 16.9. The third kappa shape index (κ3) is 48.9. The van der Waals surface area contributed by atoms with Gasteiger partial charge >= 0.3 is 25.7 Å². The number of aliphatic hydroxyl groups excluding tert-OH is 1. The molecule has 0 spiro atoms. The van der Waals surface area contributed by atoms with Crippen LogP contribution in [-0.2, 0) is 42.2 Å². The van der Waals surface area contributed by atoms with E-state index in [2.05, 4.69) is 118 Å². The predicted octanol–water partition coefficient (Wildman–Crippen LogP) is 15.2. The van der Waals surface area contributed by atoms with E-state index in [1.807, 2.05) is 18.2 Å². The maximum Gasteiger partial charge on any atom is 0.472 e. The number of hydrogen-bond donors (Lipinski definition) is 2. The molecule has 70 heavy (non-hydrogen) atoms. The van der Waals surface area contributed by atoms with Crippen LogP contribution in [0.4, 0.5) is 0 Å². The molecule has 3 atom stereocenters. The first-order chi connectivity index (χ1) is 34.2. The predicted molar refractivity (Wildman–Crippen MR) is 288 cm³/mol. The molecule has 0 saturated carbocycles. The first kappa shape index (κ1) is 65.9. The summed E-state index contributed by atoms with van der Waals surface area (Å²) in [6.07, 6.45) is 62.0. The highest BCUT2D eigenvalue weighted by atomic mass is 31.2. The summed E-state index contributed by atoms with van der Waals surface area (Å²) >= 11 is 0. The Bertz CT molecular complexity index is 1630. The van der Waals surface area contributed by atoms with Crippen molar-refractivity contribution in [1.29, 1.82) is 0 Å². The summed E-state index contributed by atoms with van der Waals surface area (Å²) in [5.41, 5.74) is 0. The van der Waals surface area contributed by atoms with Gasteiger partial charge in [0.2, 0.25) is 0 Å². The molecular weight excluding hydrogens is 904 g/mol. The van der Waals surface area contributed by atoms with Crippen LogP contribution in [0.5, 0.6) is 0 Å². The summed E-state index contributed by atoms with van der Waals surface area (Å²) < 4.78 is 39.2. The molecule has 0 aromatic rings. The van der Waals surface area contributed by atoms with Gasteiger partial charge in [-0.15, -0.1) is 0 Å². The molecule has 0 amide bonds. The van der Waals surface area contributed by atoms with Crippen molar-refractivity contribution in [3.8, 4) is 0 Å². The van der Waals surface area contributed by atoms with E-state index in [1.54, 1.807) is 6.08 Å². The number of unbranched alkanes of at least 4 members (excludes halogenated alkanes) is 11. The minimum atomic E-state index is -4.79. The lowest BCUT2D eigenvalue weighted by atomic mass is 10.1. The minimum absolute atomic E-state index is 0.0784. The van der Waals surface area contributed by atoms with Crippen LogP contribution in [-0.4, -0.2) is 66.5 Å². The lowest BCUT2D eigenvalue weighted by molar-refractivity contribution is -0.160. The number of carbonyl (C=O) groups is 3. The number of phosphoric ester groups is 1. The standard InChI is InChI=1S/C58H93O11P/c1-4-7-10-13-16-19-22-25-27-30-33-36-39-42-45-48-57(61)68-54(50-59)52-66-70(63,64)67-53-55(51-65-56(60)47-44-41-38-35-32-29-24-21-18-15-12-9-6-3)69-58(62)49-46-43-40-37-34-31-28-26-23-20-17-14-11-8-5-2/h8-9,11-12,16-21,25-29,32,34,37,43,46,54-55,59H,4-7,10,13-15,22-24,30-31,33,35-36,38-42,44-45,47-53H2,1-3H3,(H,63,64)/b11-8-,12-9-,19-16-,20-17-,21-18-,27-25-,28-26-,32-29-,37-34-,46-43-. The molecule has 3 unspecified atom stereocenters. The molecule has 0 aliphatic carbocycles. The molecule has 0 heterocycles. The average molecular weight is 997 g/mol. The Labute approximate surface area is 424 Å². The lowest BCUT2D eigenvalue weighted by Gasteiger charge is -2.21. The van der Waals surface area contributed by atoms with Gasteiger partial charge in [0.05, 0.1) is 26.2 Å². The fourth-order valence-electron chi connectivity index (χ4n) is 6.41. The fraction of sp³-hybridized carbons (Fsp3) is 0.603. The summed E-state index contributed by atoms with van der Waals surface area (Å²) in [5, 5.41) is 9.78. The zero-order chi connectivity index (χ0) is 51.3. The molecule has 2 N–H and O–H groups in total. The number of ether oxygens (including phenoxy) is 3. The van der Waals surface area contributed by atoms with Crippen LogP contribution >= 0.6 is 7.82 Å². The van der Waals surface area contributed by atoms with Crippen molar-refractivity contribution in [3.63, 3.8) is 0 Å². The highest BCUT2D eigenvalue weighted by molar-refractivity contribution is 7.47. The van der Waals surface area contributed by atoms with Crippen molar-refractivity contribution in [2.24, 2.45) is 0 Å². The topological polar surface area (TPSA) is 155 Å². The van der Waals surface area contributed by atoms with Crippen molar-refractivity contribution in [3.05, 3.63) is 122 Å². The van der Waals surface area contributed by atoms with Crippen LogP contribution in [0.2, 0.25) is 0 Å². The molecule has 0 radical (unpaired) electrons. The largest absolute Gasteiger partial charge is 0.472 e. The van der Waals surface area contributed by atoms with Gasteiger partial charge in [-0.05, 0) is 109 Å².